The maximum Gasteiger partial charge on any atom is 0.0284 e. The van der Waals surface area contributed by atoms with E-state index in [9.17, 15) is 0 Å². The lowest BCUT2D eigenvalue weighted by Gasteiger charge is -2.67. The summed E-state index contributed by atoms with van der Waals surface area (Å²) in [5, 5.41) is 0. The van der Waals surface area contributed by atoms with Crippen LogP contribution in [0.3, 0.4) is 0 Å². The van der Waals surface area contributed by atoms with Gasteiger partial charge in [-0.15, -0.1) is 6.42 Å². The molecule has 0 heteroatoms. The Morgan fingerprint density at radius 2 is 1.70 bits per heavy atom. The maximum atomic E-state index is 6.02. The lowest BCUT2D eigenvalue weighted by atomic mass is 9.36. The van der Waals surface area contributed by atoms with Crippen molar-refractivity contribution in [3.05, 3.63) is 87.6 Å². The summed E-state index contributed by atoms with van der Waals surface area (Å²) >= 11 is 0. The average molecular weight is 437 g/mol. The highest BCUT2D eigenvalue weighted by Crippen LogP contribution is 2.74. The monoisotopic (exact) mass is 436 g/mol. The first kappa shape index (κ1) is 23.6. The van der Waals surface area contributed by atoms with E-state index < -0.39 is 0 Å². The van der Waals surface area contributed by atoms with Crippen molar-refractivity contribution in [2.75, 3.05) is 0 Å². The third-order valence-corrected chi connectivity index (χ3v) is 10.6. The van der Waals surface area contributed by atoms with Crippen LogP contribution in [0.2, 0.25) is 0 Å². The molecule has 0 radical (unpaired) electrons. The van der Waals surface area contributed by atoms with E-state index in [4.69, 9.17) is 19.6 Å². The van der Waals surface area contributed by atoms with E-state index in [1.54, 1.807) is 0 Å². The molecule has 0 N–H and O–H groups in total. The quantitative estimate of drug-likeness (QED) is 0.385. The van der Waals surface area contributed by atoms with Crippen molar-refractivity contribution in [2.24, 2.45) is 22.2 Å². The fourth-order valence-corrected chi connectivity index (χ4v) is 8.34. The Balaban J connectivity index is 2.14. The van der Waals surface area contributed by atoms with Crippen LogP contribution in [0.25, 0.3) is 5.57 Å². The lowest BCUT2D eigenvalue weighted by Crippen LogP contribution is -2.58. The Hall–Kier alpha value is -2.52. The van der Waals surface area contributed by atoms with Crippen molar-refractivity contribution in [1.82, 2.24) is 0 Å². The van der Waals surface area contributed by atoms with Gasteiger partial charge in [0.2, 0.25) is 0 Å². The Morgan fingerprint density at radius 3 is 2.24 bits per heavy atom. The maximum absolute atomic E-state index is 6.02. The molecule has 0 unspecified atom stereocenters. The van der Waals surface area contributed by atoms with Crippen LogP contribution in [0.4, 0.5) is 0 Å². The molecule has 0 aromatic heterocycles. The summed E-state index contributed by atoms with van der Waals surface area (Å²) in [5.41, 5.74) is 13.7. The summed E-state index contributed by atoms with van der Waals surface area (Å²) in [5.74, 6) is 3.69. The molecule has 0 amide bonds. The number of allylic oxidation sites excluding steroid dienone is 7. The van der Waals surface area contributed by atoms with Crippen LogP contribution >= 0.6 is 0 Å². The molecular weight excluding hydrogens is 396 g/mol. The fraction of sp³-hybridized carbons (Fsp3) is 0.455. The van der Waals surface area contributed by atoms with E-state index >= 15 is 0 Å². The summed E-state index contributed by atoms with van der Waals surface area (Å²) < 4.78 is 0. The van der Waals surface area contributed by atoms with E-state index in [0.29, 0.717) is 11.8 Å². The third kappa shape index (κ3) is 2.49. The Bertz CT molecular complexity index is 1250. The number of rotatable bonds is 1. The van der Waals surface area contributed by atoms with E-state index in [1.807, 2.05) is 0 Å². The second-order valence-electron chi connectivity index (χ2n) is 11.7. The van der Waals surface area contributed by atoms with Crippen molar-refractivity contribution in [3.8, 4) is 12.3 Å². The van der Waals surface area contributed by atoms with Gasteiger partial charge in [-0.3, -0.25) is 0 Å². The molecule has 0 spiro atoms. The van der Waals surface area contributed by atoms with Crippen molar-refractivity contribution in [1.29, 1.82) is 0 Å². The second kappa shape index (κ2) is 6.99. The molecule has 5 atom stereocenters. The van der Waals surface area contributed by atoms with Crippen molar-refractivity contribution < 1.29 is 0 Å². The molecule has 0 saturated heterocycles. The average Bonchev–Trinajstić information content (AvgIpc) is 2.73. The van der Waals surface area contributed by atoms with E-state index in [-0.39, 0.29) is 16.2 Å². The normalized spacial score (nSPS) is 35.6. The molecule has 1 aromatic carbocycles. The Morgan fingerprint density at radius 1 is 1.09 bits per heavy atom. The number of fused-ring (bicyclic) bond motifs is 3. The summed E-state index contributed by atoms with van der Waals surface area (Å²) in [7, 11) is 0. The van der Waals surface area contributed by atoms with Gasteiger partial charge in [-0.25, -0.2) is 0 Å². The first-order valence-corrected chi connectivity index (χ1v) is 12.3. The second-order valence-corrected chi connectivity index (χ2v) is 11.7. The summed E-state index contributed by atoms with van der Waals surface area (Å²) in [6, 6.07) is 4.28. The standard InChI is InChI=1S/C33H40/c1-14-26-16-15-19(4)28-21(6)30-24(9)33(13)23(8)27(18(2)3)20(5)17-31(33,11)25(10)32(30,12)22(7)29(26)28/h1,15-16,22,25H,2,6,8,17H2,3-5,7,9-13H3/t22-,25+,31+,32-,33-/m1/s1. The minimum Gasteiger partial charge on any atom is -0.115 e. The summed E-state index contributed by atoms with van der Waals surface area (Å²) in [6.45, 7) is 35.0. The Kier molecular flexibility index (Phi) is 5.01. The Labute approximate surface area is 202 Å². The molecule has 33 heavy (non-hydrogen) atoms. The van der Waals surface area contributed by atoms with Gasteiger partial charge in [0.05, 0.1) is 0 Å². The van der Waals surface area contributed by atoms with E-state index in [0.717, 1.165) is 23.1 Å². The number of hydrogen-bond acceptors (Lipinski definition) is 0. The minimum absolute atomic E-state index is 0.0294. The highest BCUT2D eigenvalue weighted by atomic mass is 14.7. The third-order valence-electron chi connectivity index (χ3n) is 10.6. The largest absolute Gasteiger partial charge is 0.115 e. The van der Waals surface area contributed by atoms with Crippen LogP contribution in [0.1, 0.15) is 90.0 Å². The molecule has 0 bridgehead atoms. The molecule has 0 heterocycles. The zero-order valence-corrected chi connectivity index (χ0v) is 22.2. The fourth-order valence-electron chi connectivity index (χ4n) is 8.34. The first-order valence-electron chi connectivity index (χ1n) is 12.3. The molecule has 1 aromatic rings. The van der Waals surface area contributed by atoms with Gasteiger partial charge < -0.3 is 0 Å². The first-order chi connectivity index (χ1) is 15.2. The topological polar surface area (TPSA) is 0 Å². The molecule has 4 rings (SSSR count). The van der Waals surface area contributed by atoms with Crippen LogP contribution in [0.5, 0.6) is 0 Å². The SMILES string of the molecule is C#Cc1ccc(C)c2c1[C@@H](C)[C@@]1(C)C(=C(C)[C@@]3(C)C(=C)C(C(=C)C)=C(C)C[C@@]3(C)[C@@H]1C)C2=C. The molecule has 0 nitrogen and oxygen atoms in total. The van der Waals surface area contributed by atoms with Crippen molar-refractivity contribution >= 4 is 5.57 Å². The van der Waals surface area contributed by atoms with Gasteiger partial charge in [-0.2, -0.15) is 0 Å². The highest BCUT2D eigenvalue weighted by molar-refractivity contribution is 5.88. The predicted octanol–water partition coefficient (Wildman–Crippen LogP) is 8.94. The zero-order valence-electron chi connectivity index (χ0n) is 22.2. The molecule has 3 aliphatic rings. The van der Waals surface area contributed by atoms with Gasteiger partial charge >= 0.3 is 0 Å². The van der Waals surface area contributed by atoms with Gasteiger partial charge in [0.15, 0.2) is 0 Å². The number of terminal acetylenes is 1. The molecule has 172 valence electrons. The van der Waals surface area contributed by atoms with Crippen LogP contribution in [-0.4, -0.2) is 0 Å². The molecule has 3 aliphatic carbocycles. The van der Waals surface area contributed by atoms with Crippen LogP contribution in [0, 0.1) is 41.4 Å². The number of benzene rings is 1. The highest BCUT2D eigenvalue weighted by Gasteiger charge is 2.65. The molecule has 0 fully saturated rings. The van der Waals surface area contributed by atoms with Gasteiger partial charge in [0.1, 0.15) is 0 Å². The minimum atomic E-state index is -0.160. The van der Waals surface area contributed by atoms with Gasteiger partial charge in [0.25, 0.3) is 0 Å². The van der Waals surface area contributed by atoms with Crippen LogP contribution in [0.15, 0.2) is 65.3 Å². The van der Waals surface area contributed by atoms with Gasteiger partial charge in [-0.05, 0) is 96.4 Å². The number of aryl methyl sites for hydroxylation is 1. The molecular formula is C33H40. The van der Waals surface area contributed by atoms with E-state index in [1.165, 1.54) is 44.6 Å². The van der Waals surface area contributed by atoms with Gasteiger partial charge in [0, 0.05) is 16.4 Å². The predicted molar refractivity (Wildman–Crippen MR) is 144 cm³/mol. The zero-order chi connectivity index (χ0) is 24.8. The van der Waals surface area contributed by atoms with Crippen molar-refractivity contribution in [3.63, 3.8) is 0 Å². The van der Waals surface area contributed by atoms with Crippen molar-refractivity contribution in [2.45, 2.75) is 74.7 Å². The van der Waals surface area contributed by atoms with Crippen LogP contribution in [-0.2, 0) is 0 Å². The smallest absolute Gasteiger partial charge is 0.0284 e. The lowest BCUT2D eigenvalue weighted by molar-refractivity contribution is -0.0261. The summed E-state index contributed by atoms with van der Waals surface area (Å²) in [4.78, 5) is 0. The molecule has 0 aliphatic heterocycles. The number of hydrogen-bond donors (Lipinski definition) is 0. The molecule has 0 saturated carbocycles. The van der Waals surface area contributed by atoms with E-state index in [2.05, 4.69) is 86.9 Å². The van der Waals surface area contributed by atoms with Gasteiger partial charge in [-0.1, -0.05) is 83.1 Å². The van der Waals surface area contributed by atoms with Crippen LogP contribution < -0.4 is 0 Å². The summed E-state index contributed by atoms with van der Waals surface area (Å²) in [6.07, 6.45) is 7.07.